The maximum absolute atomic E-state index is 10.3. The third kappa shape index (κ3) is 9.43. The fraction of sp³-hybridized carbons (Fsp3) is 0.889. The summed E-state index contributed by atoms with van der Waals surface area (Å²) < 4.78 is 4.74. The Morgan fingerprint density at radius 1 is 1.42 bits per heavy atom. The molecule has 0 aromatic rings. The van der Waals surface area contributed by atoms with Crippen molar-refractivity contribution in [1.29, 1.82) is 0 Å². The molecule has 0 atom stereocenters. The van der Waals surface area contributed by atoms with Crippen molar-refractivity contribution in [2.45, 2.75) is 45.6 Å². The molecule has 0 saturated heterocycles. The lowest BCUT2D eigenvalue weighted by Crippen LogP contribution is -2.18. The van der Waals surface area contributed by atoms with Gasteiger partial charge in [-0.1, -0.05) is 0 Å². The van der Waals surface area contributed by atoms with Gasteiger partial charge >= 0.3 is 5.97 Å². The minimum absolute atomic E-state index is 0.238. The molecule has 3 heteroatoms. The summed E-state index contributed by atoms with van der Waals surface area (Å²) in [7, 11) is 0. The quantitative estimate of drug-likeness (QED) is 0.507. The van der Waals surface area contributed by atoms with Crippen LogP contribution in [0, 0.1) is 0 Å². The van der Waals surface area contributed by atoms with Crippen molar-refractivity contribution < 1.29 is 14.6 Å². The molecule has 1 N–H and O–H groups in total. The van der Waals surface area contributed by atoms with Crippen LogP contribution in [-0.4, -0.2) is 23.3 Å². The summed E-state index contributed by atoms with van der Waals surface area (Å²) in [5.74, 6) is -0.238. The fourth-order valence-electron chi connectivity index (χ4n) is 0.876. The number of ether oxygens (including phenoxy) is 1. The average Bonchev–Trinajstić information content (AvgIpc) is 1.83. The van der Waals surface area contributed by atoms with Gasteiger partial charge in [-0.15, -0.1) is 0 Å². The van der Waals surface area contributed by atoms with Gasteiger partial charge in [-0.25, -0.2) is 0 Å². The summed E-state index contributed by atoms with van der Waals surface area (Å²) >= 11 is 0. The first-order valence-electron chi connectivity index (χ1n) is 4.27. The molecule has 0 radical (unpaired) electrons. The van der Waals surface area contributed by atoms with E-state index in [0.717, 1.165) is 19.3 Å². The van der Waals surface area contributed by atoms with Crippen LogP contribution in [0.25, 0.3) is 0 Å². The maximum atomic E-state index is 10.3. The van der Waals surface area contributed by atoms with E-state index < -0.39 is 5.60 Å². The molecular weight excluding hydrogens is 156 g/mol. The number of aliphatic hydroxyl groups is 1. The number of rotatable bonds is 5. The number of carbonyl (C=O) groups is 1. The van der Waals surface area contributed by atoms with E-state index in [9.17, 15) is 9.90 Å². The molecule has 0 aromatic heterocycles. The molecule has 0 bridgehead atoms. The molecule has 0 fully saturated rings. The highest BCUT2D eigenvalue weighted by atomic mass is 16.5. The molecule has 0 rings (SSSR count). The van der Waals surface area contributed by atoms with Crippen molar-refractivity contribution in [3.8, 4) is 0 Å². The summed E-state index contributed by atoms with van der Waals surface area (Å²) in [5.41, 5.74) is -0.601. The van der Waals surface area contributed by atoms with E-state index in [0.29, 0.717) is 6.61 Å². The van der Waals surface area contributed by atoms with Gasteiger partial charge in [0.25, 0.3) is 0 Å². The zero-order chi connectivity index (χ0) is 9.61. The van der Waals surface area contributed by atoms with Crippen LogP contribution in [0.15, 0.2) is 0 Å². The Bertz CT molecular complexity index is 135. The van der Waals surface area contributed by atoms with Gasteiger partial charge in [0.05, 0.1) is 12.2 Å². The molecule has 0 aliphatic carbocycles. The molecule has 0 aliphatic heterocycles. The second kappa shape index (κ2) is 5.14. The van der Waals surface area contributed by atoms with Gasteiger partial charge in [-0.2, -0.15) is 0 Å². The van der Waals surface area contributed by atoms with E-state index in [4.69, 9.17) is 4.74 Å². The van der Waals surface area contributed by atoms with Crippen molar-refractivity contribution in [3.05, 3.63) is 0 Å². The van der Waals surface area contributed by atoms with Gasteiger partial charge in [0, 0.05) is 6.92 Å². The van der Waals surface area contributed by atoms with E-state index >= 15 is 0 Å². The van der Waals surface area contributed by atoms with Gasteiger partial charge in [0.1, 0.15) is 0 Å². The fourth-order valence-corrected chi connectivity index (χ4v) is 0.876. The predicted molar refractivity (Wildman–Crippen MR) is 46.8 cm³/mol. The van der Waals surface area contributed by atoms with Crippen LogP contribution in [-0.2, 0) is 9.53 Å². The highest BCUT2D eigenvalue weighted by Crippen LogP contribution is 2.11. The molecule has 0 heterocycles. The molecule has 0 unspecified atom stereocenters. The highest BCUT2D eigenvalue weighted by Gasteiger charge is 2.10. The zero-order valence-electron chi connectivity index (χ0n) is 8.09. The lowest BCUT2D eigenvalue weighted by molar-refractivity contribution is -0.141. The number of carbonyl (C=O) groups excluding carboxylic acids is 1. The summed E-state index contributed by atoms with van der Waals surface area (Å²) in [5, 5.41) is 9.32. The Balaban J connectivity index is 3.17. The average molecular weight is 174 g/mol. The second-order valence-corrected chi connectivity index (χ2v) is 3.61. The van der Waals surface area contributed by atoms with Gasteiger partial charge in [0.2, 0.25) is 0 Å². The first-order chi connectivity index (χ1) is 5.42. The van der Waals surface area contributed by atoms with Gasteiger partial charge < -0.3 is 9.84 Å². The number of hydrogen-bond donors (Lipinski definition) is 1. The standard InChI is InChI=1S/C9H18O3/c1-8(10)12-7-5-4-6-9(2,3)11/h11H,4-7H2,1-3H3. The van der Waals surface area contributed by atoms with Crippen LogP contribution in [0.2, 0.25) is 0 Å². The first kappa shape index (κ1) is 11.4. The number of hydrogen-bond acceptors (Lipinski definition) is 3. The third-order valence-electron chi connectivity index (χ3n) is 1.49. The van der Waals surface area contributed by atoms with E-state index in [1.165, 1.54) is 6.92 Å². The van der Waals surface area contributed by atoms with Crippen molar-refractivity contribution in [2.75, 3.05) is 6.61 Å². The van der Waals surface area contributed by atoms with Crippen molar-refractivity contribution in [1.82, 2.24) is 0 Å². The second-order valence-electron chi connectivity index (χ2n) is 3.61. The SMILES string of the molecule is CC(=O)OCCCCC(C)(C)O. The van der Waals surface area contributed by atoms with Crippen LogP contribution in [0.4, 0.5) is 0 Å². The summed E-state index contributed by atoms with van der Waals surface area (Å²) in [4.78, 5) is 10.3. The normalized spacial score (nSPS) is 11.3. The lowest BCUT2D eigenvalue weighted by atomic mass is 10.0. The Kier molecular flexibility index (Phi) is 4.90. The smallest absolute Gasteiger partial charge is 0.302 e. The molecule has 0 saturated carbocycles. The topological polar surface area (TPSA) is 46.5 Å². The minimum Gasteiger partial charge on any atom is -0.466 e. The van der Waals surface area contributed by atoms with Crippen LogP contribution >= 0.6 is 0 Å². The number of esters is 1. The van der Waals surface area contributed by atoms with Gasteiger partial charge in [-0.05, 0) is 33.1 Å². The predicted octanol–water partition coefficient (Wildman–Crippen LogP) is 1.49. The maximum Gasteiger partial charge on any atom is 0.302 e. The van der Waals surface area contributed by atoms with Crippen molar-refractivity contribution in [2.24, 2.45) is 0 Å². The Hall–Kier alpha value is -0.570. The molecular formula is C9H18O3. The Morgan fingerprint density at radius 2 is 2.00 bits per heavy atom. The zero-order valence-corrected chi connectivity index (χ0v) is 8.09. The molecule has 0 aromatic carbocycles. The van der Waals surface area contributed by atoms with Gasteiger partial charge in [-0.3, -0.25) is 4.79 Å². The molecule has 0 aliphatic rings. The molecule has 3 nitrogen and oxygen atoms in total. The van der Waals surface area contributed by atoms with Crippen molar-refractivity contribution in [3.63, 3.8) is 0 Å². The minimum atomic E-state index is -0.601. The van der Waals surface area contributed by atoms with E-state index in [2.05, 4.69) is 0 Å². The Morgan fingerprint density at radius 3 is 2.42 bits per heavy atom. The largest absolute Gasteiger partial charge is 0.466 e. The third-order valence-corrected chi connectivity index (χ3v) is 1.49. The Labute approximate surface area is 73.7 Å². The monoisotopic (exact) mass is 174 g/mol. The van der Waals surface area contributed by atoms with Crippen LogP contribution in [0.5, 0.6) is 0 Å². The summed E-state index contributed by atoms with van der Waals surface area (Å²) in [6, 6.07) is 0. The summed E-state index contributed by atoms with van der Waals surface area (Å²) in [6.45, 7) is 5.42. The molecule has 12 heavy (non-hydrogen) atoms. The lowest BCUT2D eigenvalue weighted by Gasteiger charge is -2.16. The number of unbranched alkanes of at least 4 members (excludes halogenated alkanes) is 1. The van der Waals surface area contributed by atoms with E-state index in [1.54, 1.807) is 13.8 Å². The molecule has 0 spiro atoms. The van der Waals surface area contributed by atoms with Crippen LogP contribution in [0.1, 0.15) is 40.0 Å². The van der Waals surface area contributed by atoms with E-state index in [-0.39, 0.29) is 5.97 Å². The van der Waals surface area contributed by atoms with Crippen molar-refractivity contribution >= 4 is 5.97 Å². The van der Waals surface area contributed by atoms with Crippen LogP contribution in [0.3, 0.4) is 0 Å². The first-order valence-corrected chi connectivity index (χ1v) is 4.27. The highest BCUT2D eigenvalue weighted by molar-refractivity contribution is 5.65. The molecule has 0 amide bonds. The van der Waals surface area contributed by atoms with Crippen LogP contribution < -0.4 is 0 Å². The van der Waals surface area contributed by atoms with E-state index in [1.807, 2.05) is 0 Å². The van der Waals surface area contributed by atoms with Gasteiger partial charge in [0.15, 0.2) is 0 Å². The summed E-state index contributed by atoms with van der Waals surface area (Å²) in [6.07, 6.45) is 2.45. The molecule has 72 valence electrons.